The first-order valence-electron chi connectivity index (χ1n) is 28.2. The number of carbonyl (C=O) groups is 1. The molecule has 0 spiro atoms. The topological polar surface area (TPSA) is 105 Å². The van der Waals surface area contributed by atoms with E-state index in [1.165, 1.54) is 218 Å². The number of unbranched alkanes of at least 4 members (excludes halogenated alkanes) is 37. The third kappa shape index (κ3) is 50.7. The average Bonchev–Trinajstić information content (AvgIpc) is 3.26. The molecule has 0 aliphatic carbocycles. The summed E-state index contributed by atoms with van der Waals surface area (Å²) in [4.78, 5) is 23.3. The molecule has 0 aromatic heterocycles. The Morgan fingerprint density at radius 1 is 0.508 bits per heavy atom. The number of amides is 1. The average molecular weight is 940 g/mol. The SMILES string of the molecule is CCCCCCCCCCCCCC/C=C\CCCCCCCCCCCCCC(=O)NC(COP(=O)(O)OCC[N+](C)(C)C)C(O)/C=C/CCCCCCCCCCCCCCCC. The molecule has 0 saturated heterocycles. The van der Waals surface area contributed by atoms with Crippen molar-refractivity contribution in [2.75, 3.05) is 40.9 Å². The summed E-state index contributed by atoms with van der Waals surface area (Å²) in [6, 6.07) is -0.844. The lowest BCUT2D eigenvalue weighted by Gasteiger charge is -2.25. The van der Waals surface area contributed by atoms with Gasteiger partial charge in [0.2, 0.25) is 5.91 Å². The fourth-order valence-electron chi connectivity index (χ4n) is 8.45. The first-order valence-corrected chi connectivity index (χ1v) is 29.7. The van der Waals surface area contributed by atoms with Crippen molar-refractivity contribution < 1.29 is 32.9 Å². The number of aliphatic hydroxyl groups excluding tert-OH is 1. The molecule has 0 saturated carbocycles. The minimum atomic E-state index is -4.34. The standard InChI is InChI=1S/C56H111N2O6P/c1-6-8-10-12-14-16-18-20-22-24-25-26-27-28-29-30-31-32-33-34-36-38-40-42-44-46-48-50-56(60)57-54(53-64-65(61,62)63-52-51-58(3,4)5)55(59)49-47-45-43-41-39-37-35-23-21-19-17-15-13-11-9-7-2/h28-29,47,49,54-55,59H,6-27,30-46,48,50-53H2,1-5H3,(H-,57,60,61,62)/p+1/b29-28-,49-47+. The van der Waals surface area contributed by atoms with Gasteiger partial charge in [0.25, 0.3) is 0 Å². The maximum atomic E-state index is 13.0. The molecule has 0 rings (SSSR count). The molecule has 0 fully saturated rings. The van der Waals surface area contributed by atoms with Crippen LogP contribution in [0.5, 0.6) is 0 Å². The van der Waals surface area contributed by atoms with Gasteiger partial charge in [0.05, 0.1) is 39.9 Å². The van der Waals surface area contributed by atoms with Crippen molar-refractivity contribution >= 4 is 13.7 Å². The molecule has 9 heteroatoms. The van der Waals surface area contributed by atoms with Gasteiger partial charge in [0, 0.05) is 6.42 Å². The smallest absolute Gasteiger partial charge is 0.387 e. The van der Waals surface area contributed by atoms with Gasteiger partial charge in [0.1, 0.15) is 13.2 Å². The fourth-order valence-corrected chi connectivity index (χ4v) is 9.19. The Morgan fingerprint density at radius 2 is 0.831 bits per heavy atom. The molecular weight excluding hydrogens is 828 g/mol. The summed E-state index contributed by atoms with van der Waals surface area (Å²) in [7, 11) is 1.58. The highest BCUT2D eigenvalue weighted by molar-refractivity contribution is 7.47. The van der Waals surface area contributed by atoms with Gasteiger partial charge in [-0.1, -0.05) is 250 Å². The summed E-state index contributed by atoms with van der Waals surface area (Å²) in [5, 5.41) is 13.9. The van der Waals surface area contributed by atoms with Gasteiger partial charge in [-0.3, -0.25) is 13.8 Å². The monoisotopic (exact) mass is 940 g/mol. The van der Waals surface area contributed by atoms with E-state index in [2.05, 4.69) is 31.3 Å². The molecule has 0 aliphatic heterocycles. The van der Waals surface area contributed by atoms with E-state index in [1.54, 1.807) is 6.08 Å². The number of hydrogen-bond acceptors (Lipinski definition) is 5. The van der Waals surface area contributed by atoms with Crippen LogP contribution >= 0.6 is 7.82 Å². The minimum absolute atomic E-state index is 0.0631. The van der Waals surface area contributed by atoms with Gasteiger partial charge in [-0.2, -0.15) is 0 Å². The molecule has 0 bridgehead atoms. The number of hydrogen-bond donors (Lipinski definition) is 3. The van der Waals surface area contributed by atoms with Crippen LogP contribution in [-0.2, 0) is 18.4 Å². The molecule has 3 unspecified atom stereocenters. The molecule has 0 heterocycles. The number of carbonyl (C=O) groups excluding carboxylic acids is 1. The lowest BCUT2D eigenvalue weighted by Crippen LogP contribution is -2.45. The van der Waals surface area contributed by atoms with Crippen molar-refractivity contribution in [3.63, 3.8) is 0 Å². The van der Waals surface area contributed by atoms with Crippen LogP contribution in [0, 0.1) is 0 Å². The van der Waals surface area contributed by atoms with E-state index in [0.29, 0.717) is 17.4 Å². The summed E-state index contributed by atoms with van der Waals surface area (Å²) in [6.07, 6.45) is 59.9. The van der Waals surface area contributed by atoms with Gasteiger partial charge in [-0.15, -0.1) is 0 Å². The van der Waals surface area contributed by atoms with E-state index in [0.717, 1.165) is 38.5 Å². The Bertz CT molecular complexity index is 1110. The quantitative estimate of drug-likeness (QED) is 0.0243. The van der Waals surface area contributed by atoms with Crippen LogP contribution in [0.2, 0.25) is 0 Å². The number of phosphoric acid groups is 1. The number of likely N-dealkylation sites (N-methyl/N-ethyl adjacent to an activating group) is 1. The normalized spacial score (nSPS) is 14.1. The van der Waals surface area contributed by atoms with Crippen LogP contribution in [0.15, 0.2) is 24.3 Å². The predicted molar refractivity (Wildman–Crippen MR) is 281 cm³/mol. The van der Waals surface area contributed by atoms with Crippen LogP contribution in [0.1, 0.15) is 277 Å². The number of quaternary nitrogens is 1. The maximum absolute atomic E-state index is 13.0. The summed E-state index contributed by atoms with van der Waals surface area (Å²) in [6.45, 7) is 4.85. The molecule has 0 aromatic rings. The first kappa shape index (κ1) is 64.0. The molecular formula is C56H112N2O6P+. The van der Waals surface area contributed by atoms with Gasteiger partial charge < -0.3 is 19.8 Å². The Morgan fingerprint density at radius 3 is 1.18 bits per heavy atom. The van der Waals surface area contributed by atoms with E-state index in [1.807, 2.05) is 27.2 Å². The molecule has 65 heavy (non-hydrogen) atoms. The number of rotatable bonds is 52. The van der Waals surface area contributed by atoms with Crippen molar-refractivity contribution in [1.82, 2.24) is 5.32 Å². The number of nitrogens with one attached hydrogen (secondary N) is 1. The highest BCUT2D eigenvalue weighted by atomic mass is 31.2. The first-order chi connectivity index (χ1) is 31.5. The molecule has 3 N–H and O–H groups in total. The second kappa shape index (κ2) is 48.0. The molecule has 0 aromatic carbocycles. The Kier molecular flexibility index (Phi) is 47.3. The maximum Gasteiger partial charge on any atom is 0.472 e. The number of allylic oxidation sites excluding steroid dienone is 3. The zero-order valence-electron chi connectivity index (χ0n) is 44.0. The fraction of sp³-hybridized carbons (Fsp3) is 0.911. The van der Waals surface area contributed by atoms with Gasteiger partial charge >= 0.3 is 7.82 Å². The summed E-state index contributed by atoms with van der Waals surface area (Å²) >= 11 is 0. The largest absolute Gasteiger partial charge is 0.472 e. The predicted octanol–water partition coefficient (Wildman–Crippen LogP) is 16.8. The highest BCUT2D eigenvalue weighted by Gasteiger charge is 2.27. The van der Waals surface area contributed by atoms with E-state index >= 15 is 0 Å². The van der Waals surface area contributed by atoms with Crippen molar-refractivity contribution in [2.24, 2.45) is 0 Å². The van der Waals surface area contributed by atoms with Crippen LogP contribution in [0.3, 0.4) is 0 Å². The Labute approximate surface area is 404 Å². The number of phosphoric ester groups is 1. The third-order valence-electron chi connectivity index (χ3n) is 12.9. The van der Waals surface area contributed by atoms with Crippen molar-refractivity contribution in [3.8, 4) is 0 Å². The second-order valence-electron chi connectivity index (χ2n) is 20.7. The van der Waals surface area contributed by atoms with Gasteiger partial charge in [-0.05, 0) is 44.9 Å². The molecule has 8 nitrogen and oxygen atoms in total. The third-order valence-corrected chi connectivity index (χ3v) is 13.9. The van der Waals surface area contributed by atoms with Crippen LogP contribution in [0.25, 0.3) is 0 Å². The van der Waals surface area contributed by atoms with Crippen molar-refractivity contribution in [1.29, 1.82) is 0 Å². The van der Waals surface area contributed by atoms with E-state index in [4.69, 9.17) is 9.05 Å². The summed E-state index contributed by atoms with van der Waals surface area (Å²) < 4.78 is 23.7. The minimum Gasteiger partial charge on any atom is -0.387 e. The van der Waals surface area contributed by atoms with E-state index < -0.39 is 20.0 Å². The van der Waals surface area contributed by atoms with Gasteiger partial charge in [0.15, 0.2) is 0 Å². The zero-order valence-corrected chi connectivity index (χ0v) is 44.9. The van der Waals surface area contributed by atoms with Crippen LogP contribution in [-0.4, -0.2) is 73.4 Å². The van der Waals surface area contributed by atoms with E-state index in [9.17, 15) is 19.4 Å². The summed E-state index contributed by atoms with van der Waals surface area (Å²) in [5.74, 6) is -0.174. The molecule has 1 amide bonds. The summed E-state index contributed by atoms with van der Waals surface area (Å²) in [5.41, 5.74) is 0. The van der Waals surface area contributed by atoms with Crippen molar-refractivity contribution in [2.45, 2.75) is 289 Å². The van der Waals surface area contributed by atoms with Crippen LogP contribution < -0.4 is 5.32 Å². The molecule has 0 radical (unpaired) electrons. The number of aliphatic hydroxyl groups is 1. The van der Waals surface area contributed by atoms with Crippen LogP contribution in [0.4, 0.5) is 0 Å². The van der Waals surface area contributed by atoms with Crippen molar-refractivity contribution in [3.05, 3.63) is 24.3 Å². The molecule has 0 aliphatic rings. The molecule has 386 valence electrons. The van der Waals surface area contributed by atoms with E-state index in [-0.39, 0.29) is 19.1 Å². The zero-order chi connectivity index (χ0) is 47.8. The lowest BCUT2D eigenvalue weighted by molar-refractivity contribution is -0.870. The Balaban J connectivity index is 4.15. The second-order valence-corrected chi connectivity index (χ2v) is 22.1. The highest BCUT2D eigenvalue weighted by Crippen LogP contribution is 2.43. The lowest BCUT2D eigenvalue weighted by atomic mass is 10.0. The molecule has 3 atom stereocenters. The van der Waals surface area contributed by atoms with Gasteiger partial charge in [-0.25, -0.2) is 4.57 Å². The Hall–Kier alpha value is -1.02. The number of nitrogens with zero attached hydrogens (tertiary/aromatic N) is 1.